The van der Waals surface area contributed by atoms with Crippen molar-refractivity contribution in [1.82, 2.24) is 10.2 Å². The Morgan fingerprint density at radius 1 is 1.44 bits per heavy atom. The Labute approximate surface area is 119 Å². The number of halogens is 2. The Morgan fingerprint density at radius 2 is 2.11 bits per heavy atom. The van der Waals surface area contributed by atoms with Crippen LogP contribution in [0, 0.1) is 5.41 Å². The number of likely N-dealkylation sites (tertiary alicyclic amines) is 1. The molecule has 1 N–H and O–H groups in total. The van der Waals surface area contributed by atoms with Crippen LogP contribution < -0.4 is 5.32 Å². The first-order chi connectivity index (χ1) is 8.37. The molecule has 0 bridgehead atoms. The molecule has 0 spiro atoms. The van der Waals surface area contributed by atoms with Crippen LogP contribution in [0.3, 0.4) is 0 Å². The molecule has 0 unspecified atom stereocenters. The fourth-order valence-electron chi connectivity index (χ4n) is 2.64. The van der Waals surface area contributed by atoms with Crippen molar-refractivity contribution in [2.75, 3.05) is 19.6 Å². The Bertz CT molecular complexity index is 335. The van der Waals surface area contributed by atoms with Crippen molar-refractivity contribution in [2.45, 2.75) is 49.9 Å². The zero-order valence-electron chi connectivity index (χ0n) is 11.1. The van der Waals surface area contributed by atoms with Crippen molar-refractivity contribution < 1.29 is 4.79 Å². The molecule has 1 saturated heterocycles. The maximum atomic E-state index is 12.0. The summed E-state index contributed by atoms with van der Waals surface area (Å²) in [5, 5.41) is 2.96. The summed E-state index contributed by atoms with van der Waals surface area (Å²) < 4.78 is -0.866. The molecule has 2 aliphatic rings. The lowest BCUT2D eigenvalue weighted by atomic mass is 10.0. The highest BCUT2D eigenvalue weighted by atomic mass is 35.5. The van der Waals surface area contributed by atoms with Crippen LogP contribution in [-0.2, 0) is 4.79 Å². The van der Waals surface area contributed by atoms with Crippen molar-refractivity contribution in [3.8, 4) is 0 Å². The number of alkyl halides is 2. The fourth-order valence-corrected chi connectivity index (χ4v) is 3.35. The van der Waals surface area contributed by atoms with Gasteiger partial charge in [0.05, 0.1) is 5.41 Å². The lowest BCUT2D eigenvalue weighted by Crippen LogP contribution is -2.44. The van der Waals surface area contributed by atoms with Crippen molar-refractivity contribution in [3.63, 3.8) is 0 Å². The van der Waals surface area contributed by atoms with Gasteiger partial charge in [-0.3, -0.25) is 9.69 Å². The first-order valence-electron chi connectivity index (χ1n) is 6.77. The van der Waals surface area contributed by atoms with Crippen LogP contribution in [0.4, 0.5) is 0 Å². The minimum atomic E-state index is -0.866. The van der Waals surface area contributed by atoms with Gasteiger partial charge in [0.2, 0.25) is 5.91 Å². The second-order valence-corrected chi connectivity index (χ2v) is 7.33. The van der Waals surface area contributed by atoms with Gasteiger partial charge in [-0.25, -0.2) is 0 Å². The van der Waals surface area contributed by atoms with E-state index in [2.05, 4.69) is 17.1 Å². The summed E-state index contributed by atoms with van der Waals surface area (Å²) in [4.78, 5) is 14.4. The summed E-state index contributed by atoms with van der Waals surface area (Å²) in [6.07, 6.45) is 4.40. The maximum absolute atomic E-state index is 12.0. The smallest absolute Gasteiger partial charge is 0.229 e. The van der Waals surface area contributed by atoms with Crippen LogP contribution in [-0.4, -0.2) is 40.8 Å². The minimum Gasteiger partial charge on any atom is -0.354 e. The summed E-state index contributed by atoms with van der Waals surface area (Å²) in [5.41, 5.74) is -0.594. The molecule has 0 aromatic heterocycles. The quantitative estimate of drug-likeness (QED) is 0.808. The highest BCUT2D eigenvalue weighted by Gasteiger charge is 2.67. The number of rotatable bonds is 4. The second-order valence-electron chi connectivity index (χ2n) is 5.85. The van der Waals surface area contributed by atoms with Crippen LogP contribution in [0.5, 0.6) is 0 Å². The molecule has 1 aliphatic heterocycles. The average molecular weight is 293 g/mol. The number of nitrogens with one attached hydrogen (secondary N) is 1. The summed E-state index contributed by atoms with van der Waals surface area (Å²) in [7, 11) is 0. The number of hydrogen-bond acceptors (Lipinski definition) is 2. The molecule has 5 heteroatoms. The number of carbonyl (C=O) groups excluding carboxylic acids is 1. The molecule has 0 radical (unpaired) electrons. The molecular formula is C13H22Cl2N2O. The molecule has 0 aromatic rings. The third-order valence-corrected chi connectivity index (χ3v) is 5.49. The number of piperidine rings is 1. The van der Waals surface area contributed by atoms with E-state index >= 15 is 0 Å². The lowest BCUT2D eigenvalue weighted by Gasteiger charge is -2.33. The first-order valence-corrected chi connectivity index (χ1v) is 7.52. The van der Waals surface area contributed by atoms with Gasteiger partial charge in [-0.15, -0.1) is 23.2 Å². The van der Waals surface area contributed by atoms with Gasteiger partial charge in [-0.1, -0.05) is 6.42 Å². The van der Waals surface area contributed by atoms with E-state index in [0.29, 0.717) is 19.0 Å². The van der Waals surface area contributed by atoms with Gasteiger partial charge in [0.1, 0.15) is 4.33 Å². The molecule has 0 aromatic carbocycles. The predicted molar refractivity (Wildman–Crippen MR) is 75.1 cm³/mol. The zero-order valence-corrected chi connectivity index (χ0v) is 12.7. The fraction of sp³-hybridized carbons (Fsp3) is 0.923. The lowest BCUT2D eigenvalue weighted by molar-refractivity contribution is -0.125. The topological polar surface area (TPSA) is 32.3 Å². The molecule has 1 saturated carbocycles. The predicted octanol–water partition coefficient (Wildman–Crippen LogP) is 2.56. The highest BCUT2D eigenvalue weighted by Crippen LogP contribution is 2.63. The van der Waals surface area contributed by atoms with Crippen molar-refractivity contribution in [1.29, 1.82) is 0 Å². The third-order valence-electron chi connectivity index (χ3n) is 4.38. The molecule has 104 valence electrons. The van der Waals surface area contributed by atoms with Crippen molar-refractivity contribution >= 4 is 29.1 Å². The highest BCUT2D eigenvalue weighted by molar-refractivity contribution is 6.53. The molecule has 2 atom stereocenters. The summed E-state index contributed by atoms with van der Waals surface area (Å²) in [6.45, 7) is 6.82. The van der Waals surface area contributed by atoms with Gasteiger partial charge >= 0.3 is 0 Å². The van der Waals surface area contributed by atoms with E-state index < -0.39 is 9.75 Å². The molecule has 1 aliphatic carbocycles. The van der Waals surface area contributed by atoms with E-state index in [0.717, 1.165) is 13.1 Å². The van der Waals surface area contributed by atoms with Crippen molar-refractivity contribution in [2.24, 2.45) is 5.41 Å². The average Bonchev–Trinajstić information content (AvgIpc) is 2.82. The molecule has 18 heavy (non-hydrogen) atoms. The minimum absolute atomic E-state index is 0.0165. The standard InChI is InChI=1S/C13H22Cl2N2O/c1-10-5-3-4-7-17(10)8-6-16-11(18)12(2)9-13(12,14)15/h10H,3-9H2,1-2H3,(H,16,18)/t10-,12-/m1/s1. The number of nitrogens with zero attached hydrogens (tertiary/aromatic N) is 1. The molecule has 2 fully saturated rings. The number of carbonyl (C=O) groups is 1. The first kappa shape index (κ1) is 14.4. The van der Waals surface area contributed by atoms with Crippen LogP contribution in [0.15, 0.2) is 0 Å². The monoisotopic (exact) mass is 292 g/mol. The molecule has 3 nitrogen and oxygen atoms in total. The van der Waals surface area contributed by atoms with Crippen LogP contribution >= 0.6 is 23.2 Å². The van der Waals surface area contributed by atoms with E-state index in [-0.39, 0.29) is 5.91 Å². The number of hydrogen-bond donors (Lipinski definition) is 1. The van der Waals surface area contributed by atoms with Gasteiger partial charge in [0.15, 0.2) is 0 Å². The largest absolute Gasteiger partial charge is 0.354 e. The van der Waals surface area contributed by atoms with Crippen LogP contribution in [0.1, 0.15) is 39.5 Å². The SMILES string of the molecule is C[C@@H]1CCCCN1CCNC(=O)[C@@]1(C)CC1(Cl)Cl. The molecule has 1 amide bonds. The van der Waals surface area contributed by atoms with Crippen molar-refractivity contribution in [3.05, 3.63) is 0 Å². The normalized spacial score (nSPS) is 35.2. The Hall–Kier alpha value is 0.01000. The van der Waals surface area contributed by atoms with Gasteiger partial charge in [-0.2, -0.15) is 0 Å². The molecular weight excluding hydrogens is 271 g/mol. The third kappa shape index (κ3) is 2.78. The summed E-state index contributed by atoms with van der Waals surface area (Å²) >= 11 is 12.0. The van der Waals surface area contributed by atoms with E-state index in [1.807, 2.05) is 6.92 Å². The Balaban J connectivity index is 1.71. The molecule has 2 rings (SSSR count). The van der Waals surface area contributed by atoms with Gasteiger partial charge < -0.3 is 5.32 Å². The van der Waals surface area contributed by atoms with Crippen LogP contribution in [0.2, 0.25) is 0 Å². The molecule has 1 heterocycles. The van der Waals surface area contributed by atoms with Gasteiger partial charge in [0, 0.05) is 19.1 Å². The Morgan fingerprint density at radius 3 is 2.67 bits per heavy atom. The maximum Gasteiger partial charge on any atom is 0.229 e. The zero-order chi connectivity index (χ0) is 13.4. The second kappa shape index (κ2) is 5.18. The van der Waals surface area contributed by atoms with E-state index in [1.54, 1.807) is 0 Å². The Kier molecular flexibility index (Phi) is 4.15. The van der Waals surface area contributed by atoms with Crippen LogP contribution in [0.25, 0.3) is 0 Å². The summed E-state index contributed by atoms with van der Waals surface area (Å²) in [5.74, 6) is -0.0165. The van der Waals surface area contributed by atoms with Gasteiger partial charge in [0.25, 0.3) is 0 Å². The number of amides is 1. The van der Waals surface area contributed by atoms with E-state index in [9.17, 15) is 4.79 Å². The van der Waals surface area contributed by atoms with Gasteiger partial charge in [-0.05, 0) is 39.7 Å². The van der Waals surface area contributed by atoms with E-state index in [4.69, 9.17) is 23.2 Å². The van der Waals surface area contributed by atoms with E-state index in [1.165, 1.54) is 19.3 Å². The summed E-state index contributed by atoms with van der Waals surface area (Å²) in [6, 6.07) is 0.632.